The fourth-order valence-electron chi connectivity index (χ4n) is 1.54. The van der Waals surface area contributed by atoms with Gasteiger partial charge in [0.15, 0.2) is 6.73 Å². The Kier molecular flexibility index (Phi) is 7.45. The van der Waals surface area contributed by atoms with Crippen LogP contribution in [0.3, 0.4) is 0 Å². The van der Waals surface area contributed by atoms with E-state index < -0.39 is 18.0 Å². The number of hydrogen-bond acceptors (Lipinski definition) is 5. The molecule has 2 rings (SSSR count). The third-order valence-electron chi connectivity index (χ3n) is 2.63. The highest BCUT2D eigenvalue weighted by atomic mass is 16.6. The fraction of sp³-hybridized carbons (Fsp3) is 0.400. The number of rotatable bonds is 4. The molecule has 1 aliphatic rings. The first kappa shape index (κ1) is 17.5. The third kappa shape index (κ3) is 6.74. The number of aliphatic carboxylic acids is 1. The molecule has 1 amide bonds. The molecule has 1 fully saturated rings. The molecule has 1 aromatic rings. The van der Waals surface area contributed by atoms with Crippen LogP contribution in [0, 0.1) is 0 Å². The first-order valence-corrected chi connectivity index (χ1v) is 6.86. The highest BCUT2D eigenvalue weighted by Gasteiger charge is 2.26. The number of nitrogens with zero attached hydrogens (tertiary/aromatic N) is 1. The molecule has 1 aromatic carbocycles. The van der Waals surface area contributed by atoms with E-state index in [1.54, 1.807) is 0 Å². The molecule has 0 unspecified atom stereocenters. The Morgan fingerprint density at radius 1 is 1.32 bits per heavy atom. The van der Waals surface area contributed by atoms with Gasteiger partial charge in [-0.15, -0.1) is 0 Å². The number of ether oxygens (including phenoxy) is 2. The molecule has 1 saturated heterocycles. The normalized spacial score (nSPS) is 13.0. The topological polar surface area (TPSA) is 93.1 Å². The van der Waals surface area contributed by atoms with Crippen LogP contribution in [0.5, 0.6) is 0 Å². The van der Waals surface area contributed by atoms with Gasteiger partial charge < -0.3 is 14.6 Å². The molecule has 0 spiro atoms. The van der Waals surface area contributed by atoms with Gasteiger partial charge in [-0.1, -0.05) is 37.3 Å². The lowest BCUT2D eigenvalue weighted by atomic mass is 10.2. The summed E-state index contributed by atoms with van der Waals surface area (Å²) in [6, 6.07) is 9.34. The summed E-state index contributed by atoms with van der Waals surface area (Å²) >= 11 is 0. The van der Waals surface area contributed by atoms with Crippen LogP contribution >= 0.6 is 0 Å². The number of cyclic esters (lactones) is 1. The molecule has 0 aromatic heterocycles. The minimum absolute atomic E-state index is 0.0214. The first-order valence-electron chi connectivity index (χ1n) is 6.86. The quantitative estimate of drug-likeness (QED) is 0.855. The van der Waals surface area contributed by atoms with Crippen molar-refractivity contribution in [1.82, 2.24) is 4.90 Å². The predicted molar refractivity (Wildman–Crippen MR) is 76.8 cm³/mol. The summed E-state index contributed by atoms with van der Waals surface area (Å²) in [5, 5.41) is 7.91. The van der Waals surface area contributed by atoms with Crippen molar-refractivity contribution in [1.29, 1.82) is 0 Å². The molecule has 22 heavy (non-hydrogen) atoms. The van der Waals surface area contributed by atoms with Crippen LogP contribution in [0.25, 0.3) is 0 Å². The molecule has 120 valence electrons. The number of carboxylic acid groups (broad SMARTS) is 1. The standard InChI is InChI=1S/C11H11NO4.C4H8O2/c13-10-6-12(8-16-10)11(14)15-7-9-4-2-1-3-5-9;1-2-3-4(5)6/h1-5H,6-8H2;2-3H2,1H3,(H,5,6). The van der Waals surface area contributed by atoms with Crippen molar-refractivity contribution in [2.24, 2.45) is 0 Å². The van der Waals surface area contributed by atoms with Gasteiger partial charge in [-0.3, -0.25) is 14.5 Å². The summed E-state index contributed by atoms with van der Waals surface area (Å²) in [7, 11) is 0. The number of amides is 1. The molecule has 7 heteroatoms. The van der Waals surface area contributed by atoms with Crippen LogP contribution in [0.4, 0.5) is 4.79 Å². The average molecular weight is 309 g/mol. The van der Waals surface area contributed by atoms with Crippen LogP contribution in [0.15, 0.2) is 30.3 Å². The van der Waals surface area contributed by atoms with E-state index in [0.717, 1.165) is 12.0 Å². The summed E-state index contributed by atoms with van der Waals surface area (Å²) < 4.78 is 9.64. The van der Waals surface area contributed by atoms with Gasteiger partial charge in [0.05, 0.1) is 0 Å². The second-order valence-electron chi connectivity index (χ2n) is 4.53. The molecule has 7 nitrogen and oxygen atoms in total. The maximum absolute atomic E-state index is 11.4. The number of carbonyl (C=O) groups is 3. The van der Waals surface area contributed by atoms with Crippen molar-refractivity contribution in [2.45, 2.75) is 26.4 Å². The van der Waals surface area contributed by atoms with Gasteiger partial charge in [0.2, 0.25) is 0 Å². The Morgan fingerprint density at radius 3 is 2.45 bits per heavy atom. The largest absolute Gasteiger partial charge is 0.481 e. The summed E-state index contributed by atoms with van der Waals surface area (Å²) in [6.07, 6.45) is 0.490. The highest BCUT2D eigenvalue weighted by Crippen LogP contribution is 2.06. The van der Waals surface area contributed by atoms with Gasteiger partial charge in [-0.05, 0) is 12.0 Å². The van der Waals surface area contributed by atoms with Crippen molar-refractivity contribution in [3.05, 3.63) is 35.9 Å². The van der Waals surface area contributed by atoms with Crippen molar-refractivity contribution in [2.75, 3.05) is 13.3 Å². The van der Waals surface area contributed by atoms with Crippen molar-refractivity contribution in [3.8, 4) is 0 Å². The second kappa shape index (κ2) is 9.38. The number of carboxylic acids is 1. The average Bonchev–Trinajstić information content (AvgIpc) is 2.93. The molecular weight excluding hydrogens is 290 g/mol. The van der Waals surface area contributed by atoms with Crippen LogP contribution < -0.4 is 0 Å². The Balaban J connectivity index is 0.000000346. The molecular formula is C15H19NO6. The number of hydrogen-bond donors (Lipinski definition) is 1. The Bertz CT molecular complexity index is 502. The Labute approximate surface area is 128 Å². The summed E-state index contributed by atoms with van der Waals surface area (Å²) in [4.78, 5) is 33.0. The summed E-state index contributed by atoms with van der Waals surface area (Å²) in [5.74, 6) is -1.12. The molecule has 1 aliphatic heterocycles. The van der Waals surface area contributed by atoms with Crippen LogP contribution in [0.1, 0.15) is 25.3 Å². The molecule has 0 aliphatic carbocycles. The van der Waals surface area contributed by atoms with Crippen LogP contribution in [-0.2, 0) is 25.7 Å². The van der Waals surface area contributed by atoms with Crippen LogP contribution in [-0.4, -0.2) is 41.3 Å². The number of carbonyl (C=O) groups excluding carboxylic acids is 2. The van der Waals surface area contributed by atoms with Gasteiger partial charge in [-0.2, -0.15) is 0 Å². The van der Waals surface area contributed by atoms with Crippen molar-refractivity contribution in [3.63, 3.8) is 0 Å². The Hall–Kier alpha value is -2.57. The molecule has 1 heterocycles. The van der Waals surface area contributed by atoms with Gasteiger partial charge in [0, 0.05) is 6.42 Å². The monoisotopic (exact) mass is 309 g/mol. The van der Waals surface area contributed by atoms with Crippen LogP contribution in [0.2, 0.25) is 0 Å². The summed E-state index contributed by atoms with van der Waals surface area (Å²) in [5.41, 5.74) is 0.905. The zero-order chi connectivity index (χ0) is 16.4. The molecule has 0 bridgehead atoms. The Morgan fingerprint density at radius 2 is 2.00 bits per heavy atom. The maximum Gasteiger partial charge on any atom is 0.413 e. The van der Waals surface area contributed by atoms with E-state index in [9.17, 15) is 14.4 Å². The highest BCUT2D eigenvalue weighted by molar-refractivity contribution is 5.80. The van der Waals surface area contributed by atoms with Gasteiger partial charge in [0.25, 0.3) is 0 Å². The van der Waals surface area contributed by atoms with Gasteiger partial charge >= 0.3 is 18.0 Å². The van der Waals surface area contributed by atoms with Crippen molar-refractivity contribution < 1.29 is 29.0 Å². The predicted octanol–water partition coefficient (Wildman–Crippen LogP) is 2.01. The zero-order valence-corrected chi connectivity index (χ0v) is 12.4. The van der Waals surface area contributed by atoms with E-state index in [0.29, 0.717) is 6.42 Å². The minimum atomic E-state index is -0.711. The van der Waals surface area contributed by atoms with E-state index in [1.807, 2.05) is 37.3 Å². The van der Waals surface area contributed by atoms with E-state index in [2.05, 4.69) is 4.74 Å². The zero-order valence-electron chi connectivity index (χ0n) is 12.4. The molecule has 0 saturated carbocycles. The SMILES string of the molecule is CCCC(=O)O.O=C1CN(C(=O)OCc2ccccc2)CO1. The molecule has 1 N–H and O–H groups in total. The lowest BCUT2D eigenvalue weighted by molar-refractivity contribution is -0.137. The lowest BCUT2D eigenvalue weighted by Crippen LogP contribution is -2.29. The summed E-state index contributed by atoms with van der Waals surface area (Å²) in [6.45, 7) is 1.98. The second-order valence-corrected chi connectivity index (χ2v) is 4.53. The lowest BCUT2D eigenvalue weighted by Gasteiger charge is -2.11. The molecule has 0 atom stereocenters. The van der Waals surface area contributed by atoms with E-state index in [-0.39, 0.29) is 19.9 Å². The van der Waals surface area contributed by atoms with E-state index in [4.69, 9.17) is 9.84 Å². The minimum Gasteiger partial charge on any atom is -0.481 e. The van der Waals surface area contributed by atoms with Gasteiger partial charge in [0.1, 0.15) is 13.2 Å². The number of benzene rings is 1. The van der Waals surface area contributed by atoms with E-state index in [1.165, 1.54) is 4.90 Å². The van der Waals surface area contributed by atoms with E-state index >= 15 is 0 Å². The number of esters is 1. The third-order valence-corrected chi connectivity index (χ3v) is 2.63. The van der Waals surface area contributed by atoms with Crippen molar-refractivity contribution >= 4 is 18.0 Å². The smallest absolute Gasteiger partial charge is 0.413 e. The first-order chi connectivity index (χ1) is 10.5. The fourth-order valence-corrected chi connectivity index (χ4v) is 1.54. The van der Waals surface area contributed by atoms with Gasteiger partial charge in [-0.25, -0.2) is 4.79 Å². The molecule has 0 radical (unpaired) electrons. The maximum atomic E-state index is 11.4.